The summed E-state index contributed by atoms with van der Waals surface area (Å²) in [6.45, 7) is 1.61. The summed E-state index contributed by atoms with van der Waals surface area (Å²) in [6, 6.07) is 14.9. The maximum atomic E-state index is 12.0. The molecule has 0 bridgehead atoms. The molecule has 3 nitrogen and oxygen atoms in total. The van der Waals surface area contributed by atoms with Crippen molar-refractivity contribution in [3.05, 3.63) is 48.0 Å². The van der Waals surface area contributed by atoms with E-state index < -0.39 is 0 Å². The Morgan fingerprint density at radius 1 is 1.23 bits per heavy atom. The molecule has 1 saturated heterocycles. The van der Waals surface area contributed by atoms with E-state index in [0.29, 0.717) is 19.0 Å². The first kappa shape index (κ1) is 17.1. The Morgan fingerprint density at radius 2 is 2.05 bits per heavy atom. The minimum absolute atomic E-state index is 0. The summed E-state index contributed by atoms with van der Waals surface area (Å²) in [7, 11) is 0. The lowest BCUT2D eigenvalue weighted by Crippen LogP contribution is -2.41. The number of halogens is 1. The second-order valence-corrected chi connectivity index (χ2v) is 6.54. The molecule has 1 aliphatic rings. The van der Waals surface area contributed by atoms with Crippen LogP contribution in [0.25, 0.3) is 10.8 Å². The number of fused-ring (bicyclic) bond motifs is 1. The lowest BCUT2D eigenvalue weighted by molar-refractivity contribution is -0.121. The quantitative estimate of drug-likeness (QED) is 0.902. The number of carbonyl (C=O) groups excluding carboxylic acids is 1. The number of rotatable bonds is 4. The fourth-order valence-corrected chi connectivity index (χ4v) is 3.55. The molecule has 1 heterocycles. The molecular weight excluding hydrogens is 316 g/mol. The van der Waals surface area contributed by atoms with Gasteiger partial charge in [0.25, 0.3) is 0 Å². The standard InChI is InChI=1S/C17H20N2OS.ClH/c20-17(10-16-12-21-8-7-18-16)19-11-13-5-6-14-3-1-2-4-15(14)9-13;/h1-6,9,16,18H,7-8,10-12H2,(H,19,20);1H. The van der Waals surface area contributed by atoms with Gasteiger partial charge in [-0.1, -0.05) is 36.4 Å². The van der Waals surface area contributed by atoms with E-state index in [4.69, 9.17) is 0 Å². The molecule has 0 aliphatic carbocycles. The van der Waals surface area contributed by atoms with Crippen molar-refractivity contribution in [1.82, 2.24) is 10.6 Å². The SMILES string of the molecule is Cl.O=C(CC1CSCCN1)NCc1ccc2ccccc2c1. The molecule has 3 rings (SSSR count). The molecule has 1 atom stereocenters. The highest BCUT2D eigenvalue weighted by Crippen LogP contribution is 2.15. The summed E-state index contributed by atoms with van der Waals surface area (Å²) in [6.07, 6.45) is 0.570. The van der Waals surface area contributed by atoms with Crippen LogP contribution in [-0.4, -0.2) is 30.0 Å². The number of carbonyl (C=O) groups is 1. The fourth-order valence-electron chi connectivity index (χ4n) is 2.60. The zero-order valence-corrected chi connectivity index (χ0v) is 14.0. The summed E-state index contributed by atoms with van der Waals surface area (Å²) >= 11 is 1.92. The second kappa shape index (κ2) is 8.42. The van der Waals surface area contributed by atoms with Gasteiger partial charge in [-0.2, -0.15) is 11.8 Å². The Bertz CT molecular complexity index is 629. The molecule has 0 aromatic heterocycles. The molecule has 1 unspecified atom stereocenters. The second-order valence-electron chi connectivity index (χ2n) is 5.39. The number of benzene rings is 2. The molecule has 2 aromatic carbocycles. The van der Waals surface area contributed by atoms with E-state index in [1.165, 1.54) is 10.8 Å². The van der Waals surface area contributed by atoms with Crippen molar-refractivity contribution in [2.45, 2.75) is 19.0 Å². The first-order chi connectivity index (χ1) is 10.3. The van der Waals surface area contributed by atoms with Crippen LogP contribution >= 0.6 is 24.2 Å². The lowest BCUT2D eigenvalue weighted by atomic mass is 10.1. The van der Waals surface area contributed by atoms with Crippen molar-refractivity contribution in [3.8, 4) is 0 Å². The van der Waals surface area contributed by atoms with Crippen LogP contribution in [0.15, 0.2) is 42.5 Å². The fraction of sp³-hybridized carbons (Fsp3) is 0.353. The Morgan fingerprint density at radius 3 is 2.82 bits per heavy atom. The van der Waals surface area contributed by atoms with Crippen LogP contribution < -0.4 is 10.6 Å². The van der Waals surface area contributed by atoms with E-state index in [1.54, 1.807) is 0 Å². The van der Waals surface area contributed by atoms with E-state index in [2.05, 4.69) is 41.0 Å². The van der Waals surface area contributed by atoms with Gasteiger partial charge in [0.2, 0.25) is 5.91 Å². The van der Waals surface area contributed by atoms with Gasteiger partial charge in [-0.15, -0.1) is 12.4 Å². The minimum Gasteiger partial charge on any atom is -0.352 e. The van der Waals surface area contributed by atoms with Gasteiger partial charge in [-0.25, -0.2) is 0 Å². The number of hydrogen-bond donors (Lipinski definition) is 2. The lowest BCUT2D eigenvalue weighted by Gasteiger charge is -2.22. The molecular formula is C17H21ClN2OS. The van der Waals surface area contributed by atoms with Crippen molar-refractivity contribution in [3.63, 3.8) is 0 Å². The van der Waals surface area contributed by atoms with E-state index >= 15 is 0 Å². The average molecular weight is 337 g/mol. The molecule has 0 spiro atoms. The average Bonchev–Trinajstić information content (AvgIpc) is 2.54. The molecule has 1 amide bonds. The molecule has 2 aromatic rings. The molecule has 0 saturated carbocycles. The van der Waals surface area contributed by atoms with E-state index in [-0.39, 0.29) is 18.3 Å². The van der Waals surface area contributed by atoms with Gasteiger partial charge in [-0.05, 0) is 22.4 Å². The minimum atomic E-state index is 0. The highest BCUT2D eigenvalue weighted by molar-refractivity contribution is 7.99. The summed E-state index contributed by atoms with van der Waals surface area (Å²) in [4.78, 5) is 12.0. The van der Waals surface area contributed by atoms with E-state index in [9.17, 15) is 4.79 Å². The summed E-state index contributed by atoms with van der Waals surface area (Å²) in [5, 5.41) is 8.86. The zero-order chi connectivity index (χ0) is 14.5. The predicted octanol–water partition coefficient (Wildman–Crippen LogP) is 2.97. The molecule has 5 heteroatoms. The van der Waals surface area contributed by atoms with E-state index in [0.717, 1.165) is 23.6 Å². The molecule has 22 heavy (non-hydrogen) atoms. The van der Waals surface area contributed by atoms with Crippen LogP contribution in [0.2, 0.25) is 0 Å². The number of amides is 1. The van der Waals surface area contributed by atoms with Gasteiger partial charge in [-0.3, -0.25) is 4.79 Å². The van der Waals surface area contributed by atoms with Crippen molar-refractivity contribution < 1.29 is 4.79 Å². The Labute approximate surface area is 141 Å². The van der Waals surface area contributed by atoms with E-state index in [1.807, 2.05) is 23.9 Å². The Balaban J connectivity index is 0.00000176. The smallest absolute Gasteiger partial charge is 0.221 e. The van der Waals surface area contributed by atoms with Crippen LogP contribution in [0.5, 0.6) is 0 Å². The molecule has 1 fully saturated rings. The summed E-state index contributed by atoms with van der Waals surface area (Å²) in [5.74, 6) is 2.31. The van der Waals surface area contributed by atoms with Gasteiger partial charge in [0.15, 0.2) is 0 Å². The van der Waals surface area contributed by atoms with Crippen LogP contribution in [0, 0.1) is 0 Å². The van der Waals surface area contributed by atoms with Crippen molar-refractivity contribution in [2.75, 3.05) is 18.1 Å². The van der Waals surface area contributed by atoms with Crippen molar-refractivity contribution in [1.29, 1.82) is 0 Å². The highest BCUT2D eigenvalue weighted by Gasteiger charge is 2.16. The predicted molar refractivity (Wildman–Crippen MR) is 96.8 cm³/mol. The highest BCUT2D eigenvalue weighted by atomic mass is 35.5. The van der Waals surface area contributed by atoms with Gasteiger partial charge >= 0.3 is 0 Å². The normalized spacial score (nSPS) is 17.7. The maximum absolute atomic E-state index is 12.0. The monoisotopic (exact) mass is 336 g/mol. The van der Waals surface area contributed by atoms with Crippen LogP contribution in [0.3, 0.4) is 0 Å². The number of thioether (sulfide) groups is 1. The van der Waals surface area contributed by atoms with Gasteiger partial charge in [0.05, 0.1) is 0 Å². The molecule has 1 aliphatic heterocycles. The third-order valence-electron chi connectivity index (χ3n) is 3.73. The Kier molecular flexibility index (Phi) is 6.55. The van der Waals surface area contributed by atoms with Gasteiger partial charge < -0.3 is 10.6 Å². The molecule has 2 N–H and O–H groups in total. The summed E-state index contributed by atoms with van der Waals surface area (Å²) < 4.78 is 0. The van der Waals surface area contributed by atoms with Crippen molar-refractivity contribution in [2.24, 2.45) is 0 Å². The number of nitrogens with one attached hydrogen (secondary N) is 2. The first-order valence-corrected chi connectivity index (χ1v) is 8.52. The molecule has 118 valence electrons. The Hall–Kier alpha value is -1.23. The first-order valence-electron chi connectivity index (χ1n) is 7.37. The third-order valence-corrected chi connectivity index (χ3v) is 4.86. The van der Waals surface area contributed by atoms with Crippen LogP contribution in [0.4, 0.5) is 0 Å². The maximum Gasteiger partial charge on any atom is 0.221 e. The molecule has 0 radical (unpaired) electrons. The van der Waals surface area contributed by atoms with Gasteiger partial charge in [0.1, 0.15) is 0 Å². The third kappa shape index (κ3) is 4.63. The van der Waals surface area contributed by atoms with Gasteiger partial charge in [0, 0.05) is 37.1 Å². The largest absolute Gasteiger partial charge is 0.352 e. The van der Waals surface area contributed by atoms with Crippen molar-refractivity contribution >= 4 is 40.8 Å². The van der Waals surface area contributed by atoms with Crippen LogP contribution in [0.1, 0.15) is 12.0 Å². The topological polar surface area (TPSA) is 41.1 Å². The van der Waals surface area contributed by atoms with Crippen LogP contribution in [-0.2, 0) is 11.3 Å². The zero-order valence-electron chi connectivity index (χ0n) is 12.4. The number of hydrogen-bond acceptors (Lipinski definition) is 3. The summed E-state index contributed by atoms with van der Waals surface area (Å²) in [5.41, 5.74) is 1.15.